The topological polar surface area (TPSA) is 75.7 Å². The van der Waals surface area contributed by atoms with Crippen molar-refractivity contribution in [2.45, 2.75) is 39.2 Å². The summed E-state index contributed by atoms with van der Waals surface area (Å²) in [6, 6.07) is 0. The van der Waals surface area contributed by atoms with Gasteiger partial charge in [0.15, 0.2) is 0 Å². The summed E-state index contributed by atoms with van der Waals surface area (Å²) >= 11 is 0. The lowest BCUT2D eigenvalue weighted by Gasteiger charge is -2.31. The van der Waals surface area contributed by atoms with E-state index in [9.17, 15) is 13.2 Å². The highest BCUT2D eigenvalue weighted by molar-refractivity contribution is 7.72. The number of nitrogens with zero attached hydrogens (tertiary/aromatic N) is 1. The van der Waals surface area contributed by atoms with Crippen LogP contribution in [0.3, 0.4) is 0 Å². The molecule has 1 saturated heterocycles. The third-order valence-corrected chi connectivity index (χ3v) is 4.03. The minimum absolute atomic E-state index is 0.297. The van der Waals surface area contributed by atoms with Gasteiger partial charge in [-0.15, -0.1) is 0 Å². The molecule has 0 unspecified atom stereocenters. The summed E-state index contributed by atoms with van der Waals surface area (Å²) in [5.41, 5.74) is -0.475. The Hall–Kier alpha value is -0.820. The van der Waals surface area contributed by atoms with Gasteiger partial charge in [-0.25, -0.2) is 13.2 Å². The zero-order valence-electron chi connectivity index (χ0n) is 12.6. The van der Waals surface area contributed by atoms with E-state index in [2.05, 4.69) is 10.2 Å². The molecule has 0 aromatic carbocycles. The van der Waals surface area contributed by atoms with E-state index in [1.165, 1.54) is 0 Å². The number of carbonyl (C=O) groups excluding carboxylic acids is 1. The Kier molecular flexibility index (Phi) is 6.75. The molecular weight excluding hydrogens is 280 g/mol. The molecule has 1 heterocycles. The standard InChI is InChI=1S/C13H26N2O4S/c1-13(2,3)19-12(16)14-6-9-15-7-4-11(5-8-15)10-20(17)18/h11,20H,4-10H2,1-3H3,(H,14,16). The lowest BCUT2D eigenvalue weighted by atomic mass is 9.99. The van der Waals surface area contributed by atoms with Gasteiger partial charge in [-0.1, -0.05) is 0 Å². The number of thiol groups is 1. The molecule has 1 fully saturated rings. The van der Waals surface area contributed by atoms with Crippen LogP contribution in [0.1, 0.15) is 33.6 Å². The summed E-state index contributed by atoms with van der Waals surface area (Å²) < 4.78 is 26.5. The maximum atomic E-state index is 11.5. The maximum Gasteiger partial charge on any atom is 0.407 e. The number of carbonyl (C=O) groups is 1. The average molecular weight is 306 g/mol. The number of nitrogens with one attached hydrogen (secondary N) is 1. The van der Waals surface area contributed by atoms with Crippen LogP contribution in [0.2, 0.25) is 0 Å². The van der Waals surface area contributed by atoms with E-state index in [0.717, 1.165) is 32.5 Å². The molecule has 0 aromatic heterocycles. The zero-order chi connectivity index (χ0) is 15.2. The second kappa shape index (κ2) is 7.83. The van der Waals surface area contributed by atoms with Crippen molar-refractivity contribution >= 4 is 16.8 Å². The third kappa shape index (κ3) is 7.69. The first kappa shape index (κ1) is 17.2. The first-order chi connectivity index (χ1) is 9.26. The van der Waals surface area contributed by atoms with Gasteiger partial charge < -0.3 is 15.0 Å². The molecule has 6 nitrogen and oxygen atoms in total. The quantitative estimate of drug-likeness (QED) is 0.736. The number of likely N-dealkylation sites (tertiary alicyclic amines) is 1. The summed E-state index contributed by atoms with van der Waals surface area (Å²) in [6.07, 6.45) is 1.43. The van der Waals surface area contributed by atoms with Gasteiger partial charge in [0.25, 0.3) is 0 Å². The Morgan fingerprint density at radius 1 is 1.30 bits per heavy atom. The van der Waals surface area contributed by atoms with E-state index in [0.29, 0.717) is 18.2 Å². The highest BCUT2D eigenvalue weighted by Gasteiger charge is 2.20. The summed E-state index contributed by atoms with van der Waals surface area (Å²) in [5, 5.41) is 2.73. The summed E-state index contributed by atoms with van der Waals surface area (Å²) in [6.45, 7) is 8.60. The smallest absolute Gasteiger partial charge is 0.407 e. The molecule has 0 atom stereocenters. The van der Waals surface area contributed by atoms with Crippen molar-refractivity contribution in [2.75, 3.05) is 31.9 Å². The molecule has 1 N–H and O–H groups in total. The molecule has 7 heteroatoms. The van der Waals surface area contributed by atoms with Gasteiger partial charge in [-0.2, -0.15) is 0 Å². The van der Waals surface area contributed by atoms with Crippen LogP contribution in [0.25, 0.3) is 0 Å². The molecule has 1 aliphatic heterocycles. The highest BCUT2D eigenvalue weighted by Crippen LogP contribution is 2.16. The first-order valence-corrected chi connectivity index (χ1v) is 8.43. The fourth-order valence-corrected chi connectivity index (χ4v) is 3.02. The summed E-state index contributed by atoms with van der Waals surface area (Å²) in [4.78, 5) is 13.7. The SMILES string of the molecule is CC(C)(C)OC(=O)NCCN1CCC(C[SH](=O)=O)CC1. The van der Waals surface area contributed by atoms with Crippen molar-refractivity contribution in [3.63, 3.8) is 0 Å². The van der Waals surface area contributed by atoms with Gasteiger partial charge in [0.1, 0.15) is 16.3 Å². The zero-order valence-corrected chi connectivity index (χ0v) is 13.4. The van der Waals surface area contributed by atoms with Crippen LogP contribution in [0.5, 0.6) is 0 Å². The molecule has 0 aromatic rings. The van der Waals surface area contributed by atoms with Gasteiger partial charge in [-0.3, -0.25) is 0 Å². The fraction of sp³-hybridized carbons (Fsp3) is 0.923. The van der Waals surface area contributed by atoms with E-state index < -0.39 is 22.4 Å². The Balaban J connectivity index is 2.14. The molecule has 1 amide bonds. The van der Waals surface area contributed by atoms with E-state index >= 15 is 0 Å². The Bertz CT molecular complexity index is 374. The van der Waals surface area contributed by atoms with Crippen LogP contribution in [-0.2, 0) is 15.4 Å². The monoisotopic (exact) mass is 306 g/mol. The number of amides is 1. The van der Waals surface area contributed by atoms with Crippen molar-refractivity contribution in [2.24, 2.45) is 5.92 Å². The lowest BCUT2D eigenvalue weighted by molar-refractivity contribution is 0.0519. The molecule has 1 aliphatic rings. The molecule has 1 rings (SSSR count). The molecule has 118 valence electrons. The van der Waals surface area contributed by atoms with Gasteiger partial charge in [0.05, 0.1) is 5.75 Å². The van der Waals surface area contributed by atoms with E-state index in [1.54, 1.807) is 0 Å². The van der Waals surface area contributed by atoms with Crippen molar-refractivity contribution in [3.05, 3.63) is 0 Å². The van der Waals surface area contributed by atoms with Crippen LogP contribution >= 0.6 is 0 Å². The molecule has 0 saturated carbocycles. The number of hydrogen-bond acceptors (Lipinski definition) is 5. The maximum absolute atomic E-state index is 11.5. The molecule has 0 radical (unpaired) electrons. The van der Waals surface area contributed by atoms with Crippen LogP contribution < -0.4 is 5.32 Å². The molecular formula is C13H26N2O4S. The van der Waals surface area contributed by atoms with E-state index in [-0.39, 0.29) is 0 Å². The van der Waals surface area contributed by atoms with Crippen LogP contribution in [-0.4, -0.2) is 56.9 Å². The van der Waals surface area contributed by atoms with Gasteiger partial charge >= 0.3 is 6.09 Å². The number of piperidine rings is 1. The summed E-state index contributed by atoms with van der Waals surface area (Å²) in [7, 11) is -2.26. The van der Waals surface area contributed by atoms with E-state index in [4.69, 9.17) is 4.74 Å². The fourth-order valence-electron chi connectivity index (χ4n) is 2.23. The number of rotatable bonds is 5. The number of alkyl carbamates (subject to hydrolysis) is 1. The summed E-state index contributed by atoms with van der Waals surface area (Å²) in [5.74, 6) is 0.602. The van der Waals surface area contributed by atoms with Crippen molar-refractivity contribution < 1.29 is 17.9 Å². The number of ether oxygens (including phenoxy) is 1. The predicted molar refractivity (Wildman–Crippen MR) is 78.6 cm³/mol. The predicted octanol–water partition coefficient (Wildman–Crippen LogP) is 0.834. The molecule has 20 heavy (non-hydrogen) atoms. The highest BCUT2D eigenvalue weighted by atomic mass is 32.2. The lowest BCUT2D eigenvalue weighted by Crippen LogP contribution is -2.41. The van der Waals surface area contributed by atoms with Crippen LogP contribution in [0, 0.1) is 5.92 Å². The van der Waals surface area contributed by atoms with Crippen molar-refractivity contribution in [3.8, 4) is 0 Å². The molecule has 0 aliphatic carbocycles. The Morgan fingerprint density at radius 2 is 1.90 bits per heavy atom. The first-order valence-electron chi connectivity index (χ1n) is 7.07. The second-order valence-electron chi connectivity index (χ2n) is 6.23. The third-order valence-electron chi connectivity index (χ3n) is 3.21. The van der Waals surface area contributed by atoms with Crippen molar-refractivity contribution in [1.29, 1.82) is 0 Å². The average Bonchev–Trinajstić information content (AvgIpc) is 2.28. The van der Waals surface area contributed by atoms with Gasteiger partial charge in [0, 0.05) is 13.1 Å². The largest absolute Gasteiger partial charge is 0.444 e. The van der Waals surface area contributed by atoms with Gasteiger partial charge in [-0.05, 0) is 52.6 Å². The Labute approximate surface area is 122 Å². The second-order valence-corrected chi connectivity index (χ2v) is 7.26. The molecule has 0 bridgehead atoms. The molecule has 0 spiro atoms. The van der Waals surface area contributed by atoms with E-state index in [1.807, 2.05) is 20.8 Å². The Morgan fingerprint density at radius 3 is 2.40 bits per heavy atom. The minimum atomic E-state index is -2.26. The van der Waals surface area contributed by atoms with Crippen LogP contribution in [0.4, 0.5) is 4.79 Å². The van der Waals surface area contributed by atoms with Crippen LogP contribution in [0.15, 0.2) is 0 Å². The normalized spacial score (nSPS) is 18.2. The van der Waals surface area contributed by atoms with Gasteiger partial charge in [0.2, 0.25) is 0 Å². The minimum Gasteiger partial charge on any atom is -0.444 e. The number of hydrogen-bond donors (Lipinski definition) is 2. The van der Waals surface area contributed by atoms with Crippen molar-refractivity contribution in [1.82, 2.24) is 10.2 Å².